The molecule has 12 heteroatoms. The first-order chi connectivity index (χ1) is 24.5. The first-order valence-corrected chi connectivity index (χ1v) is 19.7. The van der Waals surface area contributed by atoms with E-state index in [0.29, 0.717) is 41.5 Å². The molecule has 3 aliphatic rings. The van der Waals surface area contributed by atoms with Crippen LogP contribution in [-0.2, 0) is 49.2 Å². The molecule has 276 valence electrons. The molecule has 3 aromatic rings. The summed E-state index contributed by atoms with van der Waals surface area (Å²) in [6.45, 7) is 12.3. The number of fused-ring (bicyclic) bond motifs is 1. The number of ether oxygens (including phenoxy) is 1. The van der Waals surface area contributed by atoms with Crippen molar-refractivity contribution in [1.29, 1.82) is 0 Å². The molecule has 0 aromatic heterocycles. The number of carbonyl (C=O) groups is 3. The summed E-state index contributed by atoms with van der Waals surface area (Å²) in [5.41, 5.74) is 9.37. The van der Waals surface area contributed by atoms with Gasteiger partial charge in [0.1, 0.15) is 23.1 Å². The molecule has 3 amide bonds. The van der Waals surface area contributed by atoms with Crippen LogP contribution < -0.4 is 20.5 Å². The summed E-state index contributed by atoms with van der Waals surface area (Å²) in [5.74, 6) is -1.00. The Morgan fingerprint density at radius 2 is 1.81 bits per heavy atom. The van der Waals surface area contributed by atoms with E-state index in [1.165, 1.54) is 0 Å². The molecule has 1 heterocycles. The molecule has 0 saturated heterocycles. The highest BCUT2D eigenvalue weighted by atomic mass is 35.5. The van der Waals surface area contributed by atoms with Crippen molar-refractivity contribution < 1.29 is 27.5 Å². The van der Waals surface area contributed by atoms with Crippen molar-refractivity contribution in [3.8, 4) is 11.5 Å². The molecular weight excluding hydrogens is 700 g/mol. The van der Waals surface area contributed by atoms with Gasteiger partial charge in [0.15, 0.2) is 0 Å². The third-order valence-corrected chi connectivity index (χ3v) is 12.4. The van der Waals surface area contributed by atoms with E-state index in [2.05, 4.69) is 43.5 Å². The molecule has 0 bridgehead atoms. The third kappa shape index (κ3) is 8.15. The largest absolute Gasteiger partial charge is 0.457 e. The van der Waals surface area contributed by atoms with E-state index in [9.17, 15) is 22.8 Å². The lowest BCUT2D eigenvalue weighted by Gasteiger charge is -2.37. The van der Waals surface area contributed by atoms with Crippen molar-refractivity contribution in [3.05, 3.63) is 101 Å². The maximum atomic E-state index is 14.3. The minimum absolute atomic E-state index is 0.0482. The number of halogens is 1. The zero-order valence-corrected chi connectivity index (χ0v) is 31.6. The first-order valence-electron chi connectivity index (χ1n) is 17.7. The highest BCUT2D eigenvalue weighted by molar-refractivity contribution is 7.91. The van der Waals surface area contributed by atoms with Crippen LogP contribution in [0.5, 0.6) is 11.5 Å². The minimum Gasteiger partial charge on any atom is -0.457 e. The van der Waals surface area contributed by atoms with Crippen LogP contribution in [0.4, 0.5) is 5.69 Å². The summed E-state index contributed by atoms with van der Waals surface area (Å²) in [7, 11) is -3.85. The van der Waals surface area contributed by atoms with Crippen LogP contribution in [-0.4, -0.2) is 47.9 Å². The summed E-state index contributed by atoms with van der Waals surface area (Å²) in [5, 5.41) is 2.79. The second kappa shape index (κ2) is 14.2. The van der Waals surface area contributed by atoms with E-state index in [1.54, 1.807) is 35.2 Å². The lowest BCUT2D eigenvalue weighted by atomic mass is 9.85. The number of benzene rings is 3. The Morgan fingerprint density at radius 1 is 1.08 bits per heavy atom. The number of nitrogens with one attached hydrogen (secondary N) is 2. The molecule has 6 rings (SSSR count). The fourth-order valence-corrected chi connectivity index (χ4v) is 8.46. The molecule has 1 aliphatic heterocycles. The van der Waals surface area contributed by atoms with Gasteiger partial charge >= 0.3 is 0 Å². The Labute approximate surface area is 311 Å². The first kappa shape index (κ1) is 37.4. The number of hydrogen-bond donors (Lipinski definition) is 3. The monoisotopic (exact) mass is 746 g/mol. The number of amides is 3. The SMILES string of the molecule is C=C[C@@H]1C[C@]1(NC(=O)C1Cc2cc(Oc3cccc(Cl)c3)ccc2CN1C(=O)CC(C)Cc1ccc(C(C)(C)C)cc1N)C(=O)NS(=O)(=O)C1CC1. The predicted octanol–water partition coefficient (Wildman–Crippen LogP) is 6.20. The molecule has 2 fully saturated rings. The Hall–Kier alpha value is -4.35. The summed E-state index contributed by atoms with van der Waals surface area (Å²) in [6, 6.07) is 17.7. The average molecular weight is 747 g/mol. The van der Waals surface area contributed by atoms with Gasteiger partial charge in [-0.25, -0.2) is 8.42 Å². The van der Waals surface area contributed by atoms with E-state index >= 15 is 0 Å². The molecule has 3 aromatic carbocycles. The van der Waals surface area contributed by atoms with Crippen LogP contribution in [0.15, 0.2) is 73.3 Å². The highest BCUT2D eigenvalue weighted by Crippen LogP contribution is 2.45. The molecule has 0 radical (unpaired) electrons. The number of rotatable bonds is 12. The van der Waals surface area contributed by atoms with Crippen LogP contribution in [0.2, 0.25) is 5.02 Å². The Morgan fingerprint density at radius 3 is 2.44 bits per heavy atom. The average Bonchev–Trinajstić information content (AvgIpc) is 4.00. The second-order valence-corrected chi connectivity index (χ2v) is 18.0. The van der Waals surface area contributed by atoms with Crippen molar-refractivity contribution in [2.24, 2.45) is 11.8 Å². The van der Waals surface area contributed by atoms with Gasteiger partial charge in [0.2, 0.25) is 21.8 Å². The van der Waals surface area contributed by atoms with E-state index < -0.39 is 44.6 Å². The number of hydrogen-bond acceptors (Lipinski definition) is 7. The topological polar surface area (TPSA) is 148 Å². The summed E-state index contributed by atoms with van der Waals surface area (Å²) < 4.78 is 33.6. The Kier molecular flexibility index (Phi) is 10.2. The van der Waals surface area contributed by atoms with E-state index in [4.69, 9.17) is 22.1 Å². The van der Waals surface area contributed by atoms with Gasteiger partial charge in [-0.2, -0.15) is 0 Å². The number of anilines is 1. The third-order valence-electron chi connectivity index (χ3n) is 10.3. The summed E-state index contributed by atoms with van der Waals surface area (Å²) in [6.07, 6.45) is 3.62. The Balaban J connectivity index is 1.24. The maximum Gasteiger partial charge on any atom is 0.259 e. The number of sulfonamides is 1. The quantitative estimate of drug-likeness (QED) is 0.148. The normalized spacial score (nSPS) is 21.8. The molecular formula is C40H47ClN4O6S. The van der Waals surface area contributed by atoms with Gasteiger partial charge in [0, 0.05) is 36.0 Å². The second-order valence-electron chi connectivity index (χ2n) is 15.6. The Bertz CT molecular complexity index is 2020. The van der Waals surface area contributed by atoms with Gasteiger partial charge in [0.25, 0.3) is 5.91 Å². The molecule has 4 atom stereocenters. The van der Waals surface area contributed by atoms with Crippen molar-refractivity contribution in [3.63, 3.8) is 0 Å². The summed E-state index contributed by atoms with van der Waals surface area (Å²) >= 11 is 6.16. The fourth-order valence-electron chi connectivity index (χ4n) is 6.91. The van der Waals surface area contributed by atoms with Gasteiger partial charge in [-0.1, -0.05) is 69.6 Å². The van der Waals surface area contributed by atoms with Crippen LogP contribution >= 0.6 is 11.6 Å². The van der Waals surface area contributed by atoms with Gasteiger partial charge in [-0.05, 0) is 95.7 Å². The van der Waals surface area contributed by atoms with Gasteiger partial charge < -0.3 is 20.7 Å². The molecule has 2 aliphatic carbocycles. The van der Waals surface area contributed by atoms with Gasteiger partial charge in [0.05, 0.1) is 5.25 Å². The number of carbonyl (C=O) groups excluding carboxylic acids is 3. The number of nitrogens with zero attached hydrogens (tertiary/aromatic N) is 1. The zero-order valence-electron chi connectivity index (χ0n) is 30.1. The van der Waals surface area contributed by atoms with E-state index in [-0.39, 0.29) is 43.0 Å². The predicted molar refractivity (Wildman–Crippen MR) is 202 cm³/mol. The van der Waals surface area contributed by atoms with Crippen LogP contribution in [0.25, 0.3) is 0 Å². The van der Waals surface area contributed by atoms with E-state index in [1.807, 2.05) is 37.3 Å². The lowest BCUT2D eigenvalue weighted by Crippen LogP contribution is -2.59. The van der Waals surface area contributed by atoms with Crippen LogP contribution in [0.1, 0.15) is 75.6 Å². The minimum atomic E-state index is -3.85. The number of nitrogens with two attached hydrogens (primary N) is 1. The van der Waals surface area contributed by atoms with Crippen molar-refractivity contribution in [2.75, 3.05) is 5.73 Å². The van der Waals surface area contributed by atoms with Crippen LogP contribution in [0, 0.1) is 11.8 Å². The molecule has 52 heavy (non-hydrogen) atoms. The molecule has 2 saturated carbocycles. The fraction of sp³-hybridized carbons (Fsp3) is 0.425. The van der Waals surface area contributed by atoms with Gasteiger partial charge in [-0.3, -0.25) is 19.1 Å². The van der Waals surface area contributed by atoms with Crippen molar-refractivity contribution in [1.82, 2.24) is 14.9 Å². The zero-order chi connectivity index (χ0) is 37.6. The maximum absolute atomic E-state index is 14.3. The highest BCUT2D eigenvalue weighted by Gasteiger charge is 2.61. The van der Waals surface area contributed by atoms with Crippen LogP contribution in [0.3, 0.4) is 0 Å². The molecule has 0 spiro atoms. The van der Waals surface area contributed by atoms with Crippen molar-refractivity contribution >= 4 is 45.0 Å². The van der Waals surface area contributed by atoms with E-state index in [0.717, 1.165) is 22.3 Å². The molecule has 10 nitrogen and oxygen atoms in total. The van der Waals surface area contributed by atoms with Gasteiger partial charge in [-0.15, -0.1) is 6.58 Å². The smallest absolute Gasteiger partial charge is 0.259 e. The van der Waals surface area contributed by atoms with Crippen molar-refractivity contribution in [2.45, 2.75) is 95.0 Å². The molecule has 2 unspecified atom stereocenters. The molecule has 4 N–H and O–H groups in total. The standard InChI is InChI=1S/C40H47ClN4O6S/c1-6-28-22-40(28,38(48)44-52(49,50)33-14-15-33)43-37(47)35-19-27-18-32(51-31-9-7-8-30(41)21-31)13-11-26(27)23-45(35)36(46)17-24(2)16-25-10-12-29(20-34(25)42)39(3,4)5/h6-13,18,20-21,24,28,33,35H,1,14-17,19,22-23,42H2,2-5H3,(H,43,47)(H,44,48)/t24?,28-,35?,40-/m1/s1. The lowest BCUT2D eigenvalue weighted by molar-refractivity contribution is -0.143. The summed E-state index contributed by atoms with van der Waals surface area (Å²) in [4.78, 5) is 43.5. The number of nitrogen functional groups attached to an aromatic ring is 1.